The lowest BCUT2D eigenvalue weighted by molar-refractivity contribution is -0.114. The number of carbonyl (C=O) groups is 2. The van der Waals surface area contributed by atoms with Crippen molar-refractivity contribution >= 4 is 40.6 Å². The summed E-state index contributed by atoms with van der Waals surface area (Å²) in [5.74, 6) is -0.288. The van der Waals surface area contributed by atoms with Crippen molar-refractivity contribution in [3.63, 3.8) is 0 Å². The molecule has 0 heterocycles. The molecule has 0 saturated heterocycles. The number of anilines is 1. The van der Waals surface area contributed by atoms with Crippen LogP contribution in [0.1, 0.15) is 22.8 Å². The van der Waals surface area contributed by atoms with Crippen LogP contribution in [0, 0.1) is 0 Å². The first-order valence-electron chi connectivity index (χ1n) is 7.39. The summed E-state index contributed by atoms with van der Waals surface area (Å²) in [5.41, 5.74) is 1.90. The zero-order valence-corrected chi connectivity index (χ0v) is 15.0. The summed E-state index contributed by atoms with van der Waals surface area (Å²) in [4.78, 5) is 25.7. The summed E-state index contributed by atoms with van der Waals surface area (Å²) in [7, 11) is 1.84. The van der Waals surface area contributed by atoms with Crippen molar-refractivity contribution < 1.29 is 9.59 Å². The second kappa shape index (κ2) is 8.29. The van der Waals surface area contributed by atoms with Gasteiger partial charge < -0.3 is 5.32 Å². The van der Waals surface area contributed by atoms with Gasteiger partial charge in [-0.05, 0) is 36.9 Å². The Balaban J connectivity index is 2.08. The van der Waals surface area contributed by atoms with Crippen LogP contribution in [0.4, 0.5) is 5.69 Å². The molecule has 0 spiro atoms. The number of amides is 1. The lowest BCUT2D eigenvalue weighted by Crippen LogP contribution is -2.26. The van der Waals surface area contributed by atoms with Crippen molar-refractivity contribution in [3.05, 3.63) is 63.6 Å². The summed E-state index contributed by atoms with van der Waals surface area (Å²) in [6, 6.07) is 12.3. The van der Waals surface area contributed by atoms with Crippen LogP contribution >= 0.6 is 23.2 Å². The van der Waals surface area contributed by atoms with Crippen molar-refractivity contribution in [1.82, 2.24) is 4.90 Å². The molecular formula is C18H18Cl2N2O2. The Bertz CT molecular complexity index is 762. The van der Waals surface area contributed by atoms with E-state index in [2.05, 4.69) is 5.32 Å². The van der Waals surface area contributed by atoms with Crippen molar-refractivity contribution in [2.45, 2.75) is 13.5 Å². The molecule has 2 aromatic rings. The highest BCUT2D eigenvalue weighted by atomic mass is 35.5. The van der Waals surface area contributed by atoms with Crippen LogP contribution in [0.3, 0.4) is 0 Å². The monoisotopic (exact) mass is 364 g/mol. The Morgan fingerprint density at radius 3 is 2.50 bits per heavy atom. The largest absolute Gasteiger partial charge is 0.326 e. The number of ketones is 1. The molecule has 0 bridgehead atoms. The fourth-order valence-corrected chi connectivity index (χ4v) is 2.82. The van der Waals surface area contributed by atoms with Gasteiger partial charge in [0.05, 0.1) is 12.2 Å². The average Bonchev–Trinajstić information content (AvgIpc) is 2.50. The number of Topliss-reactive ketones (excluding diaryl/α,β-unsaturated/α-hetero) is 1. The molecule has 4 nitrogen and oxygen atoms in total. The van der Waals surface area contributed by atoms with Crippen molar-refractivity contribution in [2.24, 2.45) is 0 Å². The van der Waals surface area contributed by atoms with Crippen LogP contribution in [0.5, 0.6) is 0 Å². The number of nitrogens with zero attached hydrogens (tertiary/aromatic N) is 1. The van der Waals surface area contributed by atoms with Gasteiger partial charge in [-0.3, -0.25) is 14.5 Å². The fraction of sp³-hybridized carbons (Fsp3) is 0.222. The molecule has 2 aromatic carbocycles. The Morgan fingerprint density at radius 1 is 1.12 bits per heavy atom. The molecule has 0 aliphatic rings. The van der Waals surface area contributed by atoms with E-state index in [0.717, 1.165) is 5.56 Å². The van der Waals surface area contributed by atoms with Gasteiger partial charge in [-0.15, -0.1) is 0 Å². The maximum Gasteiger partial charge on any atom is 0.221 e. The van der Waals surface area contributed by atoms with E-state index in [1.807, 2.05) is 18.0 Å². The second-order valence-electron chi connectivity index (χ2n) is 5.56. The first-order chi connectivity index (χ1) is 11.4. The summed E-state index contributed by atoms with van der Waals surface area (Å²) in [6.07, 6.45) is 0. The summed E-state index contributed by atoms with van der Waals surface area (Å²) in [6.45, 7) is 2.13. The van der Waals surface area contributed by atoms with Gasteiger partial charge in [0.1, 0.15) is 0 Å². The molecular weight excluding hydrogens is 347 g/mol. The molecule has 6 heteroatoms. The third-order valence-corrected chi connectivity index (χ3v) is 3.99. The molecule has 0 fully saturated rings. The van der Waals surface area contributed by atoms with Gasteiger partial charge in [-0.2, -0.15) is 0 Å². The van der Waals surface area contributed by atoms with Crippen LogP contribution in [-0.4, -0.2) is 30.2 Å². The SMILES string of the molecule is CC(=O)Nc1ccccc1C(=O)CN(C)Cc1ccc(Cl)cc1Cl. The van der Waals surface area contributed by atoms with Gasteiger partial charge >= 0.3 is 0 Å². The van der Waals surface area contributed by atoms with E-state index in [4.69, 9.17) is 23.2 Å². The van der Waals surface area contributed by atoms with Crippen LogP contribution in [-0.2, 0) is 11.3 Å². The van der Waals surface area contributed by atoms with Crippen LogP contribution in [0.25, 0.3) is 0 Å². The van der Waals surface area contributed by atoms with E-state index in [-0.39, 0.29) is 18.2 Å². The molecule has 0 radical (unpaired) electrons. The highest BCUT2D eigenvalue weighted by Gasteiger charge is 2.15. The van der Waals surface area contributed by atoms with E-state index >= 15 is 0 Å². The number of rotatable bonds is 6. The zero-order valence-electron chi connectivity index (χ0n) is 13.5. The number of hydrogen-bond acceptors (Lipinski definition) is 3. The van der Waals surface area contributed by atoms with E-state index in [1.54, 1.807) is 36.4 Å². The first kappa shape index (κ1) is 18.5. The molecule has 1 N–H and O–H groups in total. The van der Waals surface area contributed by atoms with E-state index in [1.165, 1.54) is 6.92 Å². The number of halogens is 2. The molecule has 0 atom stereocenters. The molecule has 0 aromatic heterocycles. The van der Waals surface area contributed by atoms with Gasteiger partial charge in [0.25, 0.3) is 0 Å². The normalized spacial score (nSPS) is 10.7. The molecule has 0 unspecified atom stereocenters. The maximum absolute atomic E-state index is 12.5. The van der Waals surface area contributed by atoms with Crippen LogP contribution in [0.15, 0.2) is 42.5 Å². The van der Waals surface area contributed by atoms with Crippen LogP contribution in [0.2, 0.25) is 10.0 Å². The predicted octanol–water partition coefficient (Wildman–Crippen LogP) is 4.27. The maximum atomic E-state index is 12.5. The molecule has 1 amide bonds. The zero-order chi connectivity index (χ0) is 17.7. The Hall–Kier alpha value is -1.88. The quantitative estimate of drug-likeness (QED) is 0.778. The van der Waals surface area contributed by atoms with Gasteiger partial charge in [-0.25, -0.2) is 0 Å². The van der Waals surface area contributed by atoms with Gasteiger partial charge in [0, 0.05) is 29.1 Å². The Labute approximate surface area is 151 Å². The Kier molecular flexibility index (Phi) is 6.37. The highest BCUT2D eigenvalue weighted by Crippen LogP contribution is 2.22. The molecule has 0 aliphatic heterocycles. The number of hydrogen-bond donors (Lipinski definition) is 1. The van der Waals surface area contributed by atoms with Crippen molar-refractivity contribution in [2.75, 3.05) is 18.9 Å². The minimum absolute atomic E-state index is 0.0769. The van der Waals surface area contributed by atoms with Gasteiger partial charge in [0.15, 0.2) is 5.78 Å². The molecule has 2 rings (SSSR count). The third kappa shape index (κ3) is 5.06. The summed E-state index contributed by atoms with van der Waals surface area (Å²) in [5, 5.41) is 3.82. The van der Waals surface area contributed by atoms with Crippen molar-refractivity contribution in [3.8, 4) is 0 Å². The van der Waals surface area contributed by atoms with E-state index < -0.39 is 0 Å². The van der Waals surface area contributed by atoms with E-state index in [0.29, 0.717) is 27.8 Å². The number of benzene rings is 2. The smallest absolute Gasteiger partial charge is 0.221 e. The van der Waals surface area contributed by atoms with E-state index in [9.17, 15) is 9.59 Å². The van der Waals surface area contributed by atoms with Gasteiger partial charge in [-0.1, -0.05) is 41.4 Å². The molecule has 24 heavy (non-hydrogen) atoms. The van der Waals surface area contributed by atoms with Crippen LogP contribution < -0.4 is 5.32 Å². The number of para-hydroxylation sites is 1. The third-order valence-electron chi connectivity index (χ3n) is 3.41. The lowest BCUT2D eigenvalue weighted by atomic mass is 10.1. The minimum atomic E-state index is -0.212. The number of likely N-dealkylation sites (N-methyl/N-ethyl adjacent to an activating group) is 1. The lowest BCUT2D eigenvalue weighted by Gasteiger charge is -2.18. The highest BCUT2D eigenvalue weighted by molar-refractivity contribution is 6.35. The molecule has 0 saturated carbocycles. The molecule has 0 aliphatic carbocycles. The predicted molar refractivity (Wildman–Crippen MR) is 97.9 cm³/mol. The standard InChI is InChI=1S/C18H18Cl2N2O2/c1-12(23)21-17-6-4-3-5-15(17)18(24)11-22(2)10-13-7-8-14(19)9-16(13)20/h3-9H,10-11H2,1-2H3,(H,21,23). The van der Waals surface area contributed by atoms with Crippen molar-refractivity contribution in [1.29, 1.82) is 0 Å². The number of nitrogens with one attached hydrogen (secondary N) is 1. The number of carbonyl (C=O) groups excluding carboxylic acids is 2. The second-order valence-corrected chi connectivity index (χ2v) is 6.40. The Morgan fingerprint density at radius 2 is 1.83 bits per heavy atom. The fourth-order valence-electron chi connectivity index (χ4n) is 2.35. The minimum Gasteiger partial charge on any atom is -0.326 e. The van der Waals surface area contributed by atoms with Gasteiger partial charge in [0.2, 0.25) is 5.91 Å². The average molecular weight is 365 g/mol. The topological polar surface area (TPSA) is 49.4 Å². The first-order valence-corrected chi connectivity index (χ1v) is 8.14. The summed E-state index contributed by atoms with van der Waals surface area (Å²) >= 11 is 12.1. The molecule has 126 valence electrons. The summed E-state index contributed by atoms with van der Waals surface area (Å²) < 4.78 is 0.